The maximum absolute atomic E-state index is 14.4. The zero-order chi connectivity index (χ0) is 21.9. The molecule has 30 heavy (non-hydrogen) atoms. The van der Waals surface area contributed by atoms with Gasteiger partial charge in [0.2, 0.25) is 6.19 Å². The highest BCUT2D eigenvalue weighted by Crippen LogP contribution is 2.40. The number of benzene rings is 2. The second-order valence-corrected chi connectivity index (χ2v) is 7.44. The lowest BCUT2D eigenvalue weighted by atomic mass is 9.85. The molecule has 0 spiro atoms. The zero-order valence-corrected chi connectivity index (χ0v) is 16.6. The molecule has 2 aromatic rings. The maximum Gasteiger partial charge on any atom is 0.207 e. The molecule has 0 aliphatic carbocycles. The summed E-state index contributed by atoms with van der Waals surface area (Å²) < 4.78 is 20.3. The smallest absolute Gasteiger partial charge is 0.207 e. The minimum absolute atomic E-state index is 0.0329. The molecule has 0 fully saturated rings. The first kappa shape index (κ1) is 21.3. The van der Waals surface area contributed by atoms with Crippen LogP contribution in [0.4, 0.5) is 4.39 Å². The average Bonchev–Trinajstić information content (AvgIpc) is 2.72. The van der Waals surface area contributed by atoms with Crippen LogP contribution in [-0.4, -0.2) is 34.4 Å². The number of nitrogens with zero attached hydrogens (tertiary/aromatic N) is 3. The standard InChI is InChI=1S/C22H21FN4O3/c1-22(2)20(29)19(16-10-13(11-24)6-7-18(16)30-22)27-21(26-12-25)15-4-3-5-17(23)14(15)8-9-28/h3-7,10,19-20,28-29H,8-9H2,1-2H3,(H,26,27)/t19-,20+/m0/s1. The van der Waals surface area contributed by atoms with Gasteiger partial charge in [0.25, 0.3) is 0 Å². The normalized spacial score (nSPS) is 19.8. The van der Waals surface area contributed by atoms with Crippen molar-refractivity contribution in [2.24, 2.45) is 4.99 Å². The van der Waals surface area contributed by atoms with Crippen LogP contribution in [0, 0.1) is 28.6 Å². The number of ether oxygens (including phenoxy) is 1. The predicted molar refractivity (Wildman–Crippen MR) is 107 cm³/mol. The fourth-order valence-electron chi connectivity index (χ4n) is 3.54. The van der Waals surface area contributed by atoms with E-state index in [1.807, 2.05) is 0 Å². The van der Waals surface area contributed by atoms with E-state index in [0.29, 0.717) is 22.4 Å². The van der Waals surface area contributed by atoms with Gasteiger partial charge in [0.15, 0.2) is 0 Å². The van der Waals surface area contributed by atoms with Gasteiger partial charge in [-0.05, 0) is 44.5 Å². The lowest BCUT2D eigenvalue weighted by Crippen LogP contribution is -2.53. The average molecular weight is 408 g/mol. The summed E-state index contributed by atoms with van der Waals surface area (Å²) in [5.41, 5.74) is 0.425. The van der Waals surface area contributed by atoms with Crippen LogP contribution in [0.25, 0.3) is 0 Å². The van der Waals surface area contributed by atoms with Crippen molar-refractivity contribution in [3.05, 3.63) is 64.5 Å². The van der Waals surface area contributed by atoms with Gasteiger partial charge in [-0.1, -0.05) is 12.1 Å². The van der Waals surface area contributed by atoms with E-state index in [0.717, 1.165) is 0 Å². The van der Waals surface area contributed by atoms with Crippen molar-refractivity contribution >= 4 is 5.84 Å². The lowest BCUT2D eigenvalue weighted by Gasteiger charge is -2.42. The quantitative estimate of drug-likeness (QED) is 0.406. The summed E-state index contributed by atoms with van der Waals surface area (Å²) in [4.78, 5) is 3.82. The Balaban J connectivity index is 2.11. The summed E-state index contributed by atoms with van der Waals surface area (Å²) in [5, 5.41) is 41.8. The van der Waals surface area contributed by atoms with Crippen molar-refractivity contribution in [1.29, 1.82) is 10.5 Å². The van der Waals surface area contributed by atoms with E-state index in [-0.39, 0.29) is 24.4 Å². The first-order valence-corrected chi connectivity index (χ1v) is 9.35. The number of nitriles is 2. The van der Waals surface area contributed by atoms with E-state index in [9.17, 15) is 25.1 Å². The Morgan fingerprint density at radius 2 is 2.07 bits per heavy atom. The SMILES string of the molecule is CC1(C)Oc2ccc(C#N)cc2[C@H](NC(=NC#N)c2cccc(F)c2CCO)[C@H]1O. The number of hydrogen-bond acceptors (Lipinski definition) is 6. The molecule has 0 bridgehead atoms. The third-order valence-electron chi connectivity index (χ3n) is 5.06. The number of amidine groups is 1. The van der Waals surface area contributed by atoms with Gasteiger partial charge < -0.3 is 20.3 Å². The van der Waals surface area contributed by atoms with Gasteiger partial charge in [-0.3, -0.25) is 0 Å². The second-order valence-electron chi connectivity index (χ2n) is 7.44. The highest BCUT2D eigenvalue weighted by Gasteiger charge is 2.43. The van der Waals surface area contributed by atoms with Crippen LogP contribution in [0.3, 0.4) is 0 Å². The Labute approximate surface area is 173 Å². The van der Waals surface area contributed by atoms with Crippen molar-refractivity contribution in [3.63, 3.8) is 0 Å². The van der Waals surface area contributed by atoms with Gasteiger partial charge in [-0.15, -0.1) is 0 Å². The number of aliphatic imine (C=N–C) groups is 1. The number of halogens is 1. The fraction of sp³-hybridized carbons (Fsp3) is 0.318. The van der Waals surface area contributed by atoms with E-state index >= 15 is 0 Å². The Bertz CT molecular complexity index is 1070. The Kier molecular flexibility index (Phi) is 6.02. The molecular weight excluding hydrogens is 387 g/mol. The van der Waals surface area contributed by atoms with Crippen molar-refractivity contribution in [3.8, 4) is 18.0 Å². The van der Waals surface area contributed by atoms with Crippen LogP contribution in [-0.2, 0) is 6.42 Å². The summed E-state index contributed by atoms with van der Waals surface area (Å²) in [6.07, 6.45) is 0.663. The zero-order valence-electron chi connectivity index (χ0n) is 16.6. The highest BCUT2D eigenvalue weighted by molar-refractivity contribution is 6.01. The number of hydrogen-bond donors (Lipinski definition) is 3. The molecule has 1 aliphatic rings. The molecular formula is C22H21FN4O3. The molecule has 0 radical (unpaired) electrons. The van der Waals surface area contributed by atoms with Crippen molar-refractivity contribution < 1.29 is 19.3 Å². The van der Waals surface area contributed by atoms with Crippen LogP contribution in [0.1, 0.15) is 42.1 Å². The maximum atomic E-state index is 14.4. The monoisotopic (exact) mass is 408 g/mol. The minimum atomic E-state index is -1.07. The largest absolute Gasteiger partial charge is 0.485 e. The van der Waals surface area contributed by atoms with Crippen LogP contribution in [0.15, 0.2) is 41.4 Å². The van der Waals surface area contributed by atoms with Gasteiger partial charge in [0.1, 0.15) is 29.1 Å². The highest BCUT2D eigenvalue weighted by atomic mass is 19.1. The Morgan fingerprint density at radius 3 is 2.73 bits per heavy atom. The lowest BCUT2D eigenvalue weighted by molar-refractivity contribution is -0.0610. The molecule has 7 nitrogen and oxygen atoms in total. The van der Waals surface area contributed by atoms with E-state index in [2.05, 4.69) is 16.4 Å². The molecule has 0 saturated heterocycles. The number of nitrogens with one attached hydrogen (secondary N) is 1. The van der Waals surface area contributed by atoms with Gasteiger partial charge in [0, 0.05) is 23.3 Å². The summed E-state index contributed by atoms with van der Waals surface area (Å²) in [6.45, 7) is 3.15. The van der Waals surface area contributed by atoms with Crippen molar-refractivity contribution in [2.75, 3.05) is 6.61 Å². The second kappa shape index (κ2) is 8.50. The van der Waals surface area contributed by atoms with Gasteiger partial charge >= 0.3 is 0 Å². The number of aliphatic hydroxyl groups excluding tert-OH is 2. The Hall–Kier alpha value is -3.46. The van der Waals surface area contributed by atoms with Crippen LogP contribution >= 0.6 is 0 Å². The molecule has 1 aliphatic heterocycles. The fourth-order valence-corrected chi connectivity index (χ4v) is 3.54. The van der Waals surface area contributed by atoms with Gasteiger partial charge in [0.05, 0.1) is 17.7 Å². The molecule has 2 atom stereocenters. The summed E-state index contributed by atoms with van der Waals surface area (Å²) >= 11 is 0. The van der Waals surface area contributed by atoms with Crippen molar-refractivity contribution in [1.82, 2.24) is 5.32 Å². The summed E-state index contributed by atoms with van der Waals surface area (Å²) in [5.74, 6) is -0.00236. The van der Waals surface area contributed by atoms with Crippen LogP contribution in [0.2, 0.25) is 0 Å². The molecule has 154 valence electrons. The molecule has 3 rings (SSSR count). The van der Waals surface area contributed by atoms with E-state index in [4.69, 9.17) is 4.74 Å². The van der Waals surface area contributed by atoms with Gasteiger partial charge in [-0.25, -0.2) is 4.39 Å². The molecule has 1 heterocycles. The van der Waals surface area contributed by atoms with E-state index in [1.54, 1.807) is 44.3 Å². The third-order valence-corrected chi connectivity index (χ3v) is 5.06. The number of rotatable bonds is 4. The van der Waals surface area contributed by atoms with Crippen LogP contribution in [0.5, 0.6) is 5.75 Å². The van der Waals surface area contributed by atoms with Gasteiger partial charge in [-0.2, -0.15) is 15.5 Å². The number of aliphatic hydroxyl groups is 2. The molecule has 8 heteroatoms. The molecule has 0 amide bonds. The number of fused-ring (bicyclic) bond motifs is 1. The minimum Gasteiger partial charge on any atom is -0.485 e. The molecule has 3 N–H and O–H groups in total. The summed E-state index contributed by atoms with van der Waals surface area (Å²) in [6, 6.07) is 10.4. The van der Waals surface area contributed by atoms with E-state index in [1.165, 1.54) is 12.1 Å². The first-order valence-electron chi connectivity index (χ1n) is 9.35. The molecule has 0 unspecified atom stereocenters. The topological polar surface area (TPSA) is 122 Å². The predicted octanol–water partition coefficient (Wildman–Crippen LogP) is 2.32. The van der Waals surface area contributed by atoms with Crippen LogP contribution < -0.4 is 10.1 Å². The third kappa shape index (κ3) is 3.97. The summed E-state index contributed by atoms with van der Waals surface area (Å²) in [7, 11) is 0. The van der Waals surface area contributed by atoms with E-state index < -0.39 is 23.6 Å². The molecule has 0 saturated carbocycles. The Morgan fingerprint density at radius 1 is 1.30 bits per heavy atom. The molecule has 2 aromatic carbocycles. The molecule has 0 aromatic heterocycles. The first-order chi connectivity index (χ1) is 14.3. The van der Waals surface area contributed by atoms with Crippen molar-refractivity contribution in [2.45, 2.75) is 38.0 Å².